The molecule has 1 unspecified atom stereocenters. The smallest absolute Gasteiger partial charge is 0.119 e. The van der Waals surface area contributed by atoms with E-state index in [1.165, 1.54) is 23.3 Å². The highest BCUT2D eigenvalue weighted by Crippen LogP contribution is 2.32. The van der Waals surface area contributed by atoms with Gasteiger partial charge in [-0.15, -0.1) is 11.3 Å². The van der Waals surface area contributed by atoms with E-state index < -0.39 is 0 Å². The Labute approximate surface area is 138 Å². The molecule has 1 heterocycles. The van der Waals surface area contributed by atoms with Crippen LogP contribution in [0, 0.1) is 0 Å². The van der Waals surface area contributed by atoms with Gasteiger partial charge in [-0.1, -0.05) is 19.1 Å². The fourth-order valence-corrected chi connectivity index (χ4v) is 3.81. The lowest BCUT2D eigenvalue weighted by Gasteiger charge is -2.18. The van der Waals surface area contributed by atoms with E-state index in [9.17, 15) is 0 Å². The molecule has 21 heavy (non-hydrogen) atoms. The average Bonchev–Trinajstić information content (AvgIpc) is 3.21. The Hall–Kier alpha value is -0.840. The van der Waals surface area contributed by atoms with Gasteiger partial charge < -0.3 is 10.1 Å². The summed E-state index contributed by atoms with van der Waals surface area (Å²) in [4.78, 5) is 1.34. The fourth-order valence-electron chi connectivity index (χ4n) is 2.27. The van der Waals surface area contributed by atoms with Crippen LogP contribution in [0.25, 0.3) is 0 Å². The van der Waals surface area contributed by atoms with Crippen molar-refractivity contribution in [3.8, 4) is 5.75 Å². The van der Waals surface area contributed by atoms with Crippen molar-refractivity contribution in [3.63, 3.8) is 0 Å². The standard InChI is InChI=1S/C17H20BrNOS/c1-2-9-19-17(16-10-13(18)11-21-16)12-3-5-14(6-4-12)20-15-7-8-15/h3-6,10-11,15,17,19H,2,7-9H2,1H3. The van der Waals surface area contributed by atoms with Gasteiger partial charge in [0.25, 0.3) is 0 Å². The van der Waals surface area contributed by atoms with Gasteiger partial charge >= 0.3 is 0 Å². The van der Waals surface area contributed by atoms with E-state index in [1.807, 2.05) is 0 Å². The first-order valence-corrected chi connectivity index (χ1v) is 9.17. The summed E-state index contributed by atoms with van der Waals surface area (Å²) in [6, 6.07) is 11.0. The van der Waals surface area contributed by atoms with Crippen LogP contribution in [-0.2, 0) is 0 Å². The van der Waals surface area contributed by atoms with Crippen LogP contribution in [0.5, 0.6) is 5.75 Å². The molecule has 1 N–H and O–H groups in total. The minimum atomic E-state index is 0.260. The number of nitrogens with one attached hydrogen (secondary N) is 1. The Morgan fingerprint density at radius 1 is 1.33 bits per heavy atom. The Balaban J connectivity index is 1.77. The van der Waals surface area contributed by atoms with Crippen molar-refractivity contribution in [2.45, 2.75) is 38.3 Å². The fraction of sp³-hybridized carbons (Fsp3) is 0.412. The van der Waals surface area contributed by atoms with Crippen molar-refractivity contribution < 1.29 is 4.74 Å². The van der Waals surface area contributed by atoms with Crippen LogP contribution in [0.4, 0.5) is 0 Å². The van der Waals surface area contributed by atoms with Crippen LogP contribution in [0.1, 0.15) is 42.7 Å². The summed E-state index contributed by atoms with van der Waals surface area (Å²) in [5, 5.41) is 5.78. The van der Waals surface area contributed by atoms with Crippen LogP contribution in [0.2, 0.25) is 0 Å². The molecule has 112 valence electrons. The number of thiophene rings is 1. The highest BCUT2D eigenvalue weighted by Gasteiger charge is 2.23. The zero-order valence-corrected chi connectivity index (χ0v) is 14.5. The summed E-state index contributed by atoms with van der Waals surface area (Å²) >= 11 is 5.34. The summed E-state index contributed by atoms with van der Waals surface area (Å²) in [6.07, 6.45) is 3.99. The molecule has 1 fully saturated rings. The number of ether oxygens (including phenoxy) is 1. The molecular formula is C17H20BrNOS. The molecule has 0 spiro atoms. The molecular weight excluding hydrogens is 346 g/mol. The normalized spacial score (nSPS) is 15.9. The van der Waals surface area contributed by atoms with Crippen molar-refractivity contribution in [2.75, 3.05) is 6.54 Å². The first-order chi connectivity index (χ1) is 10.3. The molecule has 2 nitrogen and oxygen atoms in total. The molecule has 3 rings (SSSR count). The van der Waals surface area contributed by atoms with E-state index in [1.54, 1.807) is 11.3 Å². The van der Waals surface area contributed by atoms with Crippen LogP contribution in [0.3, 0.4) is 0 Å². The van der Waals surface area contributed by atoms with Crippen molar-refractivity contribution in [1.82, 2.24) is 5.32 Å². The number of hydrogen-bond donors (Lipinski definition) is 1. The predicted molar refractivity (Wildman–Crippen MR) is 92.2 cm³/mol. The summed E-state index contributed by atoms with van der Waals surface area (Å²) in [5.41, 5.74) is 1.29. The van der Waals surface area contributed by atoms with Crippen LogP contribution < -0.4 is 10.1 Å². The molecule has 0 amide bonds. The Morgan fingerprint density at radius 3 is 2.67 bits per heavy atom. The summed E-state index contributed by atoms with van der Waals surface area (Å²) in [5.74, 6) is 0.989. The van der Waals surface area contributed by atoms with E-state index in [0.29, 0.717) is 6.10 Å². The highest BCUT2D eigenvalue weighted by molar-refractivity contribution is 9.10. The first kappa shape index (κ1) is 15.1. The maximum absolute atomic E-state index is 5.83. The average molecular weight is 366 g/mol. The van der Waals surface area contributed by atoms with Crippen molar-refractivity contribution in [2.24, 2.45) is 0 Å². The second kappa shape index (κ2) is 6.95. The second-order valence-electron chi connectivity index (χ2n) is 5.44. The van der Waals surface area contributed by atoms with Gasteiger partial charge in [0.05, 0.1) is 12.1 Å². The maximum Gasteiger partial charge on any atom is 0.119 e. The first-order valence-electron chi connectivity index (χ1n) is 7.50. The van der Waals surface area contributed by atoms with Crippen molar-refractivity contribution in [1.29, 1.82) is 0 Å². The predicted octanol–water partition coefficient (Wildman–Crippen LogP) is 5.14. The Morgan fingerprint density at radius 2 is 2.10 bits per heavy atom. The minimum absolute atomic E-state index is 0.260. The number of halogens is 1. The third-order valence-corrected chi connectivity index (χ3v) is 5.27. The molecule has 4 heteroatoms. The number of hydrogen-bond acceptors (Lipinski definition) is 3. The van der Waals surface area contributed by atoms with Gasteiger partial charge in [-0.3, -0.25) is 0 Å². The van der Waals surface area contributed by atoms with Crippen molar-refractivity contribution in [3.05, 3.63) is 50.6 Å². The molecule has 1 atom stereocenters. The molecule has 0 bridgehead atoms. The van der Waals surface area contributed by atoms with Gasteiger partial charge in [-0.05, 0) is 65.5 Å². The minimum Gasteiger partial charge on any atom is -0.490 e. The molecule has 1 aromatic heterocycles. The SMILES string of the molecule is CCCNC(c1ccc(OC2CC2)cc1)c1cc(Br)cs1. The summed E-state index contributed by atoms with van der Waals surface area (Å²) in [6.45, 7) is 3.21. The zero-order valence-electron chi connectivity index (χ0n) is 12.1. The van der Waals surface area contributed by atoms with Gasteiger partial charge in [-0.25, -0.2) is 0 Å². The highest BCUT2D eigenvalue weighted by atomic mass is 79.9. The van der Waals surface area contributed by atoms with E-state index in [0.717, 1.165) is 23.2 Å². The van der Waals surface area contributed by atoms with Crippen LogP contribution >= 0.6 is 27.3 Å². The summed E-state index contributed by atoms with van der Waals surface area (Å²) < 4.78 is 6.98. The van der Waals surface area contributed by atoms with Gasteiger partial charge in [-0.2, -0.15) is 0 Å². The van der Waals surface area contributed by atoms with Gasteiger partial charge in [0.1, 0.15) is 5.75 Å². The second-order valence-corrected chi connectivity index (χ2v) is 7.30. The van der Waals surface area contributed by atoms with Crippen molar-refractivity contribution >= 4 is 27.3 Å². The largest absolute Gasteiger partial charge is 0.490 e. The lowest BCUT2D eigenvalue weighted by molar-refractivity contribution is 0.303. The monoisotopic (exact) mass is 365 g/mol. The Kier molecular flexibility index (Phi) is 4.99. The van der Waals surface area contributed by atoms with Gasteiger partial charge in [0.15, 0.2) is 0 Å². The third-order valence-electron chi connectivity index (χ3n) is 3.51. The van der Waals surface area contributed by atoms with E-state index in [4.69, 9.17) is 4.74 Å². The molecule has 1 aliphatic carbocycles. The van der Waals surface area contributed by atoms with Crippen LogP contribution in [0.15, 0.2) is 40.2 Å². The lowest BCUT2D eigenvalue weighted by atomic mass is 10.1. The molecule has 0 radical (unpaired) electrons. The van der Waals surface area contributed by atoms with Gasteiger partial charge in [0.2, 0.25) is 0 Å². The third kappa shape index (κ3) is 4.09. The number of benzene rings is 1. The molecule has 0 aliphatic heterocycles. The lowest BCUT2D eigenvalue weighted by Crippen LogP contribution is -2.22. The summed E-state index contributed by atoms with van der Waals surface area (Å²) in [7, 11) is 0. The maximum atomic E-state index is 5.83. The van der Waals surface area contributed by atoms with E-state index >= 15 is 0 Å². The van der Waals surface area contributed by atoms with E-state index in [-0.39, 0.29) is 6.04 Å². The van der Waals surface area contributed by atoms with E-state index in [2.05, 4.69) is 63.9 Å². The quantitative estimate of drug-likeness (QED) is 0.733. The molecule has 1 aliphatic rings. The zero-order chi connectivity index (χ0) is 14.7. The number of rotatable bonds is 7. The van der Waals surface area contributed by atoms with Crippen LogP contribution in [-0.4, -0.2) is 12.6 Å². The topological polar surface area (TPSA) is 21.3 Å². The van der Waals surface area contributed by atoms with Gasteiger partial charge in [0, 0.05) is 14.7 Å². The Bertz CT molecular complexity index is 577. The molecule has 0 saturated heterocycles. The molecule has 2 aromatic rings. The molecule has 1 saturated carbocycles. The molecule has 1 aromatic carbocycles.